The van der Waals surface area contributed by atoms with Crippen LogP contribution in [0.5, 0.6) is 0 Å². The van der Waals surface area contributed by atoms with Crippen molar-refractivity contribution in [3.63, 3.8) is 0 Å². The van der Waals surface area contributed by atoms with Gasteiger partial charge in [-0.25, -0.2) is 0 Å². The summed E-state index contributed by atoms with van der Waals surface area (Å²) in [5, 5.41) is 9.42. The lowest BCUT2D eigenvalue weighted by Crippen LogP contribution is -2.46. The number of nitrogens with zero attached hydrogens (tertiary/aromatic N) is 2. The van der Waals surface area contributed by atoms with Crippen molar-refractivity contribution < 1.29 is 9.90 Å². The highest BCUT2D eigenvalue weighted by Crippen LogP contribution is 2.25. The molecule has 0 spiro atoms. The fourth-order valence-corrected chi connectivity index (χ4v) is 2.76. The minimum Gasteiger partial charge on any atom is -0.481 e. The third-order valence-corrected chi connectivity index (χ3v) is 3.98. The molecule has 1 heterocycles. The van der Waals surface area contributed by atoms with Gasteiger partial charge in [-0.05, 0) is 37.6 Å². The maximum absolute atomic E-state index is 10.5. The zero-order valence-corrected chi connectivity index (χ0v) is 12.6. The summed E-state index contributed by atoms with van der Waals surface area (Å²) in [5.74, 6) is -0.710. The summed E-state index contributed by atoms with van der Waals surface area (Å²) in [4.78, 5) is 15.2. The normalized spacial score (nSPS) is 16.4. The molecule has 1 fully saturated rings. The second-order valence-electron chi connectivity index (χ2n) is 5.26. The number of hydrogen-bond acceptors (Lipinski definition) is 3. The van der Waals surface area contributed by atoms with Crippen LogP contribution in [-0.4, -0.2) is 48.7 Å². The second-order valence-corrected chi connectivity index (χ2v) is 5.69. The molecule has 0 aromatic heterocycles. The molecule has 1 aromatic carbocycles. The molecule has 5 heteroatoms. The average Bonchev–Trinajstić information content (AvgIpc) is 2.42. The Kier molecular flexibility index (Phi) is 5.26. The van der Waals surface area contributed by atoms with Gasteiger partial charge in [0.05, 0.1) is 0 Å². The van der Waals surface area contributed by atoms with E-state index in [1.165, 1.54) is 11.3 Å². The molecule has 1 N–H and O–H groups in total. The van der Waals surface area contributed by atoms with Crippen LogP contribution in [0.25, 0.3) is 0 Å². The van der Waals surface area contributed by atoms with E-state index in [0.29, 0.717) is 0 Å². The number of benzene rings is 1. The SMILES string of the molecule is Cc1ccc(Cl)cc1N1CCN(CCCC(=O)O)CC1. The molecule has 0 radical (unpaired) electrons. The fraction of sp³-hybridized carbons (Fsp3) is 0.533. The first-order valence-corrected chi connectivity index (χ1v) is 7.39. The van der Waals surface area contributed by atoms with Crippen LogP contribution in [0.2, 0.25) is 5.02 Å². The zero-order chi connectivity index (χ0) is 14.5. The molecule has 2 rings (SSSR count). The number of anilines is 1. The van der Waals surface area contributed by atoms with E-state index in [4.69, 9.17) is 16.7 Å². The van der Waals surface area contributed by atoms with E-state index in [1.54, 1.807) is 0 Å². The van der Waals surface area contributed by atoms with Crippen LogP contribution < -0.4 is 4.90 Å². The van der Waals surface area contributed by atoms with Gasteiger partial charge >= 0.3 is 5.97 Å². The predicted octanol–water partition coefficient (Wildman–Crippen LogP) is 2.64. The molecule has 0 amide bonds. The van der Waals surface area contributed by atoms with Crippen LogP contribution in [0.1, 0.15) is 18.4 Å². The Morgan fingerprint density at radius 2 is 2.00 bits per heavy atom. The number of hydrogen-bond donors (Lipinski definition) is 1. The van der Waals surface area contributed by atoms with Gasteiger partial charge in [-0.1, -0.05) is 17.7 Å². The summed E-state index contributed by atoms with van der Waals surface area (Å²) in [6.45, 7) is 6.86. The number of carboxylic acids is 1. The van der Waals surface area contributed by atoms with Crippen molar-refractivity contribution in [2.45, 2.75) is 19.8 Å². The molecule has 4 nitrogen and oxygen atoms in total. The molecule has 0 atom stereocenters. The summed E-state index contributed by atoms with van der Waals surface area (Å²) < 4.78 is 0. The smallest absolute Gasteiger partial charge is 0.303 e. The van der Waals surface area contributed by atoms with Crippen molar-refractivity contribution in [1.29, 1.82) is 0 Å². The Hall–Kier alpha value is -1.26. The van der Waals surface area contributed by atoms with Gasteiger partial charge in [0.25, 0.3) is 0 Å². The minimum atomic E-state index is -0.710. The highest BCUT2D eigenvalue weighted by Gasteiger charge is 2.18. The minimum absolute atomic E-state index is 0.258. The highest BCUT2D eigenvalue weighted by molar-refractivity contribution is 6.30. The van der Waals surface area contributed by atoms with Gasteiger partial charge in [-0.2, -0.15) is 0 Å². The van der Waals surface area contributed by atoms with E-state index in [9.17, 15) is 4.79 Å². The fourth-order valence-electron chi connectivity index (χ4n) is 2.59. The molecule has 0 saturated carbocycles. The lowest BCUT2D eigenvalue weighted by molar-refractivity contribution is -0.137. The Bertz CT molecular complexity index is 471. The summed E-state index contributed by atoms with van der Waals surface area (Å²) >= 11 is 6.07. The zero-order valence-electron chi connectivity index (χ0n) is 11.8. The van der Waals surface area contributed by atoms with Gasteiger partial charge < -0.3 is 10.0 Å². The van der Waals surface area contributed by atoms with Crippen LogP contribution in [-0.2, 0) is 4.79 Å². The van der Waals surface area contributed by atoms with Gasteiger partial charge in [-0.15, -0.1) is 0 Å². The van der Waals surface area contributed by atoms with E-state index in [1.807, 2.05) is 12.1 Å². The summed E-state index contributed by atoms with van der Waals surface area (Å²) in [7, 11) is 0. The van der Waals surface area contributed by atoms with Crippen molar-refractivity contribution in [2.24, 2.45) is 0 Å². The molecule has 1 aromatic rings. The van der Waals surface area contributed by atoms with Crippen molar-refractivity contribution in [3.05, 3.63) is 28.8 Å². The van der Waals surface area contributed by atoms with E-state index in [2.05, 4.69) is 22.8 Å². The number of aryl methyl sites for hydroxylation is 1. The third kappa shape index (κ3) is 4.12. The first-order valence-electron chi connectivity index (χ1n) is 7.01. The number of carboxylic acid groups (broad SMARTS) is 1. The highest BCUT2D eigenvalue weighted by atomic mass is 35.5. The monoisotopic (exact) mass is 296 g/mol. The molecule has 1 saturated heterocycles. The first-order chi connectivity index (χ1) is 9.56. The Balaban J connectivity index is 1.84. The van der Waals surface area contributed by atoms with Crippen molar-refractivity contribution in [2.75, 3.05) is 37.6 Å². The molecule has 110 valence electrons. The summed E-state index contributed by atoms with van der Waals surface area (Å²) in [5.41, 5.74) is 2.46. The van der Waals surface area contributed by atoms with E-state index in [0.717, 1.165) is 44.2 Å². The molecule has 20 heavy (non-hydrogen) atoms. The number of rotatable bonds is 5. The number of carbonyl (C=O) groups is 1. The van der Waals surface area contributed by atoms with Gasteiger partial charge in [0.15, 0.2) is 0 Å². The van der Waals surface area contributed by atoms with Crippen LogP contribution in [0.4, 0.5) is 5.69 Å². The molecule has 0 unspecified atom stereocenters. The number of piperazine rings is 1. The van der Waals surface area contributed by atoms with Crippen molar-refractivity contribution in [1.82, 2.24) is 4.90 Å². The number of aliphatic carboxylic acids is 1. The van der Waals surface area contributed by atoms with Crippen LogP contribution in [0.3, 0.4) is 0 Å². The van der Waals surface area contributed by atoms with E-state index in [-0.39, 0.29) is 6.42 Å². The molecular formula is C15H21ClN2O2. The van der Waals surface area contributed by atoms with Gasteiger partial charge in [-0.3, -0.25) is 9.69 Å². The van der Waals surface area contributed by atoms with E-state index >= 15 is 0 Å². The van der Waals surface area contributed by atoms with Crippen LogP contribution in [0, 0.1) is 6.92 Å². The van der Waals surface area contributed by atoms with Crippen molar-refractivity contribution in [3.8, 4) is 0 Å². The second kappa shape index (κ2) is 6.95. The third-order valence-electron chi connectivity index (χ3n) is 3.75. The van der Waals surface area contributed by atoms with E-state index < -0.39 is 5.97 Å². The van der Waals surface area contributed by atoms with Crippen LogP contribution >= 0.6 is 11.6 Å². The largest absolute Gasteiger partial charge is 0.481 e. The summed E-state index contributed by atoms with van der Waals surface area (Å²) in [6.07, 6.45) is 0.985. The Morgan fingerprint density at radius 1 is 1.30 bits per heavy atom. The Labute approximate surface area is 124 Å². The van der Waals surface area contributed by atoms with Gasteiger partial charge in [0.2, 0.25) is 0 Å². The molecule has 1 aliphatic heterocycles. The van der Waals surface area contributed by atoms with Crippen molar-refractivity contribution >= 4 is 23.3 Å². The molecular weight excluding hydrogens is 276 g/mol. The van der Waals surface area contributed by atoms with Gasteiger partial charge in [0.1, 0.15) is 0 Å². The van der Waals surface area contributed by atoms with Gasteiger partial charge in [0, 0.05) is 43.3 Å². The topological polar surface area (TPSA) is 43.8 Å². The first kappa shape index (κ1) is 15.1. The average molecular weight is 297 g/mol. The quantitative estimate of drug-likeness (QED) is 0.907. The number of halogens is 1. The molecule has 1 aliphatic rings. The Morgan fingerprint density at radius 3 is 2.65 bits per heavy atom. The van der Waals surface area contributed by atoms with Crippen LogP contribution in [0.15, 0.2) is 18.2 Å². The lowest BCUT2D eigenvalue weighted by atomic mass is 10.1. The molecule has 0 bridgehead atoms. The lowest BCUT2D eigenvalue weighted by Gasteiger charge is -2.36. The molecule has 0 aliphatic carbocycles. The maximum atomic E-state index is 10.5. The summed E-state index contributed by atoms with van der Waals surface area (Å²) in [6, 6.07) is 6.00. The maximum Gasteiger partial charge on any atom is 0.303 e. The standard InChI is InChI=1S/C15H21ClN2O2/c1-12-4-5-13(16)11-14(12)18-9-7-17(8-10-18)6-2-3-15(19)20/h4-5,11H,2-3,6-10H2,1H3,(H,19,20). The predicted molar refractivity (Wildman–Crippen MR) is 81.7 cm³/mol.